The molecule has 13 heavy (non-hydrogen) atoms. The van der Waals surface area contributed by atoms with E-state index < -0.39 is 0 Å². The van der Waals surface area contributed by atoms with Crippen molar-refractivity contribution in [3.05, 3.63) is 22.8 Å². The summed E-state index contributed by atoms with van der Waals surface area (Å²) in [4.78, 5) is 0. The normalized spacial score (nSPS) is 21.6. The van der Waals surface area contributed by atoms with Crippen LogP contribution in [0, 0.1) is 5.41 Å². The van der Waals surface area contributed by atoms with E-state index in [2.05, 4.69) is 40.7 Å². The Morgan fingerprint density at radius 3 is 2.46 bits per heavy atom. The maximum absolute atomic E-state index is 2.36. The second kappa shape index (κ2) is 3.69. The molecule has 0 bridgehead atoms. The topological polar surface area (TPSA) is 0 Å². The highest BCUT2D eigenvalue weighted by molar-refractivity contribution is 5.32. The molecule has 0 aromatic carbocycles. The van der Waals surface area contributed by atoms with E-state index in [0.717, 1.165) is 0 Å². The van der Waals surface area contributed by atoms with Gasteiger partial charge < -0.3 is 0 Å². The molecule has 0 nitrogen and oxygen atoms in total. The van der Waals surface area contributed by atoms with Crippen LogP contribution in [0.2, 0.25) is 0 Å². The zero-order valence-corrected chi connectivity index (χ0v) is 9.70. The second-order valence-electron chi connectivity index (χ2n) is 5.11. The van der Waals surface area contributed by atoms with Gasteiger partial charge in [0, 0.05) is 0 Å². The first-order valence-electron chi connectivity index (χ1n) is 5.28. The Hall–Kier alpha value is -0.520. The first-order valence-corrected chi connectivity index (χ1v) is 5.28. The standard InChI is InChI=1S/C13H22/c1-10(2)9-12-7-6-8-13(4,5)11(12)3/h9H,6-8H2,1-5H3. The second-order valence-corrected chi connectivity index (χ2v) is 5.11. The molecule has 0 aromatic rings. The van der Waals surface area contributed by atoms with Gasteiger partial charge in [-0.3, -0.25) is 0 Å². The molecule has 0 aliphatic heterocycles. The van der Waals surface area contributed by atoms with Gasteiger partial charge in [0.2, 0.25) is 0 Å². The quantitative estimate of drug-likeness (QED) is 0.555. The van der Waals surface area contributed by atoms with Crippen LogP contribution in [0.4, 0.5) is 0 Å². The van der Waals surface area contributed by atoms with Crippen LogP contribution in [0.15, 0.2) is 22.8 Å². The molecular weight excluding hydrogens is 156 g/mol. The SMILES string of the molecule is CC(C)=CC1=C(C)C(C)(C)CCC1. The van der Waals surface area contributed by atoms with Gasteiger partial charge in [-0.1, -0.05) is 31.1 Å². The fourth-order valence-corrected chi connectivity index (χ4v) is 2.06. The summed E-state index contributed by atoms with van der Waals surface area (Å²) in [5.74, 6) is 0. The van der Waals surface area contributed by atoms with Crippen LogP contribution < -0.4 is 0 Å². The molecular formula is C13H22. The van der Waals surface area contributed by atoms with Gasteiger partial charge in [-0.15, -0.1) is 0 Å². The van der Waals surface area contributed by atoms with Crippen molar-refractivity contribution >= 4 is 0 Å². The average Bonchev–Trinajstić information content (AvgIpc) is 1.98. The smallest absolute Gasteiger partial charge is 0.0142 e. The highest BCUT2D eigenvalue weighted by atomic mass is 14.3. The molecule has 0 N–H and O–H groups in total. The molecule has 0 fully saturated rings. The van der Waals surface area contributed by atoms with Crippen LogP contribution >= 0.6 is 0 Å². The maximum atomic E-state index is 2.36. The van der Waals surface area contributed by atoms with Crippen LogP contribution in [-0.2, 0) is 0 Å². The summed E-state index contributed by atoms with van der Waals surface area (Å²) in [6.07, 6.45) is 6.33. The van der Waals surface area contributed by atoms with Crippen molar-refractivity contribution in [1.82, 2.24) is 0 Å². The first kappa shape index (κ1) is 10.6. The highest BCUT2D eigenvalue weighted by Gasteiger charge is 2.25. The van der Waals surface area contributed by atoms with Crippen LogP contribution in [0.5, 0.6) is 0 Å². The lowest BCUT2D eigenvalue weighted by atomic mass is 9.73. The molecule has 0 radical (unpaired) electrons. The maximum Gasteiger partial charge on any atom is -0.0142 e. The molecule has 1 rings (SSSR count). The fourth-order valence-electron chi connectivity index (χ4n) is 2.06. The van der Waals surface area contributed by atoms with Crippen molar-refractivity contribution in [3.8, 4) is 0 Å². The summed E-state index contributed by atoms with van der Waals surface area (Å²) in [7, 11) is 0. The minimum absolute atomic E-state index is 0.430. The van der Waals surface area contributed by atoms with Crippen LogP contribution in [0.1, 0.15) is 53.9 Å². The number of hydrogen-bond donors (Lipinski definition) is 0. The third-order valence-corrected chi connectivity index (χ3v) is 3.21. The summed E-state index contributed by atoms with van der Waals surface area (Å²) in [5.41, 5.74) is 5.03. The molecule has 0 heteroatoms. The van der Waals surface area contributed by atoms with Crippen molar-refractivity contribution in [1.29, 1.82) is 0 Å². The molecule has 1 aliphatic rings. The molecule has 0 aromatic heterocycles. The van der Waals surface area contributed by atoms with Crippen LogP contribution in [0.3, 0.4) is 0 Å². The Morgan fingerprint density at radius 2 is 1.92 bits per heavy atom. The zero-order chi connectivity index (χ0) is 10.1. The molecule has 0 heterocycles. The Balaban J connectivity index is 3.00. The van der Waals surface area contributed by atoms with Gasteiger partial charge in [0.05, 0.1) is 0 Å². The summed E-state index contributed by atoms with van der Waals surface area (Å²) in [6, 6.07) is 0. The monoisotopic (exact) mass is 178 g/mol. The van der Waals surface area contributed by atoms with Crippen molar-refractivity contribution < 1.29 is 0 Å². The Kier molecular flexibility index (Phi) is 3.00. The first-order chi connectivity index (χ1) is 5.93. The molecule has 0 amide bonds. The lowest BCUT2D eigenvalue weighted by Crippen LogP contribution is -2.18. The van der Waals surface area contributed by atoms with Gasteiger partial charge in [0.1, 0.15) is 0 Å². The van der Waals surface area contributed by atoms with Gasteiger partial charge in [0.15, 0.2) is 0 Å². The summed E-state index contributed by atoms with van der Waals surface area (Å²) >= 11 is 0. The lowest BCUT2D eigenvalue weighted by molar-refractivity contribution is 0.370. The van der Waals surface area contributed by atoms with Gasteiger partial charge in [0.25, 0.3) is 0 Å². The molecule has 74 valence electrons. The van der Waals surface area contributed by atoms with Gasteiger partial charge in [-0.2, -0.15) is 0 Å². The van der Waals surface area contributed by atoms with E-state index >= 15 is 0 Å². The third kappa shape index (κ3) is 2.46. The van der Waals surface area contributed by atoms with Crippen LogP contribution in [-0.4, -0.2) is 0 Å². The molecule has 0 unspecified atom stereocenters. The van der Waals surface area contributed by atoms with E-state index in [0.29, 0.717) is 5.41 Å². The van der Waals surface area contributed by atoms with Crippen molar-refractivity contribution in [2.24, 2.45) is 5.41 Å². The molecule has 0 atom stereocenters. The number of rotatable bonds is 1. The van der Waals surface area contributed by atoms with Gasteiger partial charge >= 0.3 is 0 Å². The van der Waals surface area contributed by atoms with Gasteiger partial charge in [-0.05, 0) is 51.0 Å². The van der Waals surface area contributed by atoms with E-state index in [9.17, 15) is 0 Å². The lowest BCUT2D eigenvalue weighted by Gasteiger charge is -2.32. The predicted molar refractivity (Wildman–Crippen MR) is 59.8 cm³/mol. The van der Waals surface area contributed by atoms with E-state index in [1.807, 2.05) is 0 Å². The fraction of sp³-hybridized carbons (Fsp3) is 0.692. The van der Waals surface area contributed by atoms with E-state index in [-0.39, 0.29) is 0 Å². The van der Waals surface area contributed by atoms with E-state index in [1.165, 1.54) is 24.8 Å². The average molecular weight is 178 g/mol. The Labute approximate surface area is 82.7 Å². The minimum atomic E-state index is 0.430. The van der Waals surface area contributed by atoms with Crippen molar-refractivity contribution in [3.63, 3.8) is 0 Å². The highest BCUT2D eigenvalue weighted by Crippen LogP contribution is 2.40. The number of hydrogen-bond acceptors (Lipinski definition) is 0. The van der Waals surface area contributed by atoms with Gasteiger partial charge in [-0.25, -0.2) is 0 Å². The summed E-state index contributed by atoms with van der Waals surface area (Å²) < 4.78 is 0. The molecule has 1 aliphatic carbocycles. The molecule has 0 spiro atoms. The number of allylic oxidation sites excluding steroid dienone is 4. The molecule has 0 saturated heterocycles. The predicted octanol–water partition coefficient (Wildman–Crippen LogP) is 4.48. The largest absolute Gasteiger partial charge is 0.0762 e. The Morgan fingerprint density at radius 1 is 1.31 bits per heavy atom. The summed E-state index contributed by atoms with van der Waals surface area (Å²) in [6.45, 7) is 11.4. The van der Waals surface area contributed by atoms with Crippen molar-refractivity contribution in [2.45, 2.75) is 53.9 Å². The Bertz CT molecular complexity index is 247. The summed E-state index contributed by atoms with van der Waals surface area (Å²) in [5, 5.41) is 0. The van der Waals surface area contributed by atoms with Crippen LogP contribution in [0.25, 0.3) is 0 Å². The zero-order valence-electron chi connectivity index (χ0n) is 9.70. The van der Waals surface area contributed by atoms with E-state index in [1.54, 1.807) is 11.1 Å². The minimum Gasteiger partial charge on any atom is -0.0762 e. The third-order valence-electron chi connectivity index (χ3n) is 3.21. The van der Waals surface area contributed by atoms with Crippen molar-refractivity contribution in [2.75, 3.05) is 0 Å². The van der Waals surface area contributed by atoms with E-state index in [4.69, 9.17) is 0 Å². The molecule has 0 saturated carbocycles.